The molecule has 1 nitrogen and oxygen atoms in total. The predicted molar refractivity (Wildman–Crippen MR) is 74.4 cm³/mol. The number of alkyl halides is 1. The minimum Gasteiger partial charge on any atom is -0.241 e. The van der Waals surface area contributed by atoms with Crippen LogP contribution in [-0.2, 0) is 6.42 Å². The molecule has 0 N–H and O–H groups in total. The lowest BCUT2D eigenvalue weighted by molar-refractivity contribution is 1.12. The molecule has 4 heteroatoms. The molecule has 0 amide bonds. The van der Waals surface area contributed by atoms with E-state index in [1.54, 1.807) is 11.3 Å². The SMILES string of the molecule is Cc1nc(-c2cccc(Br)c2)sc1CCCl. The Labute approximate surface area is 113 Å². The number of aryl methyl sites for hydroxylation is 2. The van der Waals surface area contributed by atoms with Crippen LogP contribution in [0.15, 0.2) is 28.7 Å². The van der Waals surface area contributed by atoms with Crippen LogP contribution >= 0.6 is 38.9 Å². The summed E-state index contributed by atoms with van der Waals surface area (Å²) < 4.78 is 1.08. The molecule has 0 aliphatic rings. The molecule has 0 spiro atoms. The topological polar surface area (TPSA) is 12.9 Å². The van der Waals surface area contributed by atoms with Crippen molar-refractivity contribution >= 4 is 38.9 Å². The second kappa shape index (κ2) is 5.30. The number of benzene rings is 1. The predicted octanol–water partition coefficient (Wildman–Crippen LogP) is 4.66. The Bertz CT molecular complexity index is 496. The molecule has 2 aromatic rings. The third-order valence-corrected chi connectivity index (χ3v) is 4.23. The minimum atomic E-state index is 0.654. The molecule has 0 atom stereocenters. The first-order valence-corrected chi connectivity index (χ1v) is 7.13. The normalized spacial score (nSPS) is 10.7. The molecule has 0 fully saturated rings. The van der Waals surface area contributed by atoms with Gasteiger partial charge in [-0.2, -0.15) is 0 Å². The highest BCUT2D eigenvalue weighted by atomic mass is 79.9. The van der Waals surface area contributed by atoms with Crippen molar-refractivity contribution in [3.05, 3.63) is 39.3 Å². The molecule has 16 heavy (non-hydrogen) atoms. The Balaban J connectivity index is 2.37. The summed E-state index contributed by atoms with van der Waals surface area (Å²) in [6.45, 7) is 2.04. The number of rotatable bonds is 3. The van der Waals surface area contributed by atoms with Gasteiger partial charge >= 0.3 is 0 Å². The summed E-state index contributed by atoms with van der Waals surface area (Å²) in [4.78, 5) is 5.86. The molecule has 0 radical (unpaired) electrons. The molecule has 0 aliphatic heterocycles. The first-order chi connectivity index (χ1) is 7.70. The standard InChI is InChI=1S/C12H11BrClNS/c1-8-11(5-6-14)16-12(15-8)9-3-2-4-10(13)7-9/h2-4,7H,5-6H2,1H3. The highest BCUT2D eigenvalue weighted by Gasteiger charge is 2.08. The van der Waals surface area contributed by atoms with Crippen LogP contribution in [0.3, 0.4) is 0 Å². The molecule has 1 aromatic heterocycles. The van der Waals surface area contributed by atoms with Gasteiger partial charge in [-0.25, -0.2) is 4.98 Å². The van der Waals surface area contributed by atoms with E-state index in [0.29, 0.717) is 5.88 Å². The van der Waals surface area contributed by atoms with Gasteiger partial charge in [-0.05, 0) is 25.5 Å². The van der Waals surface area contributed by atoms with Crippen LogP contribution in [0.1, 0.15) is 10.6 Å². The maximum atomic E-state index is 5.76. The maximum Gasteiger partial charge on any atom is 0.123 e. The van der Waals surface area contributed by atoms with E-state index in [0.717, 1.165) is 27.2 Å². The lowest BCUT2D eigenvalue weighted by Gasteiger charge is -1.96. The smallest absolute Gasteiger partial charge is 0.123 e. The van der Waals surface area contributed by atoms with Crippen molar-refractivity contribution in [3.8, 4) is 10.6 Å². The summed E-state index contributed by atoms with van der Waals surface area (Å²) >= 11 is 11.0. The van der Waals surface area contributed by atoms with Gasteiger partial charge in [0.2, 0.25) is 0 Å². The van der Waals surface area contributed by atoms with E-state index >= 15 is 0 Å². The molecule has 2 rings (SSSR count). The van der Waals surface area contributed by atoms with E-state index in [1.807, 2.05) is 19.1 Å². The molecule has 0 bridgehead atoms. The minimum absolute atomic E-state index is 0.654. The number of nitrogens with zero attached hydrogens (tertiary/aromatic N) is 1. The average Bonchev–Trinajstić information content (AvgIpc) is 2.61. The van der Waals surface area contributed by atoms with E-state index in [-0.39, 0.29) is 0 Å². The highest BCUT2D eigenvalue weighted by Crippen LogP contribution is 2.29. The number of thiazole rings is 1. The summed E-state index contributed by atoms with van der Waals surface area (Å²) in [5.41, 5.74) is 2.25. The monoisotopic (exact) mass is 315 g/mol. The second-order valence-electron chi connectivity index (χ2n) is 3.48. The lowest BCUT2D eigenvalue weighted by atomic mass is 10.2. The summed E-state index contributed by atoms with van der Waals surface area (Å²) in [6.07, 6.45) is 0.902. The zero-order chi connectivity index (χ0) is 11.5. The quantitative estimate of drug-likeness (QED) is 0.750. The van der Waals surface area contributed by atoms with Gasteiger partial charge < -0.3 is 0 Å². The van der Waals surface area contributed by atoms with Crippen LogP contribution in [0, 0.1) is 6.92 Å². The third kappa shape index (κ3) is 2.65. The molecular weight excluding hydrogens is 306 g/mol. The van der Waals surface area contributed by atoms with Crippen molar-refractivity contribution in [2.45, 2.75) is 13.3 Å². The van der Waals surface area contributed by atoms with Crippen LogP contribution in [-0.4, -0.2) is 10.9 Å². The van der Waals surface area contributed by atoms with Gasteiger partial charge in [-0.15, -0.1) is 22.9 Å². The van der Waals surface area contributed by atoms with Gasteiger partial charge in [0.25, 0.3) is 0 Å². The number of hydrogen-bond donors (Lipinski definition) is 0. The van der Waals surface area contributed by atoms with E-state index in [2.05, 4.69) is 33.0 Å². The summed E-state index contributed by atoms with van der Waals surface area (Å²) in [7, 11) is 0. The van der Waals surface area contributed by atoms with Gasteiger partial charge in [0.15, 0.2) is 0 Å². The van der Waals surface area contributed by atoms with Crippen LogP contribution < -0.4 is 0 Å². The van der Waals surface area contributed by atoms with Crippen LogP contribution in [0.5, 0.6) is 0 Å². The first-order valence-electron chi connectivity index (χ1n) is 4.99. The van der Waals surface area contributed by atoms with Crippen molar-refractivity contribution < 1.29 is 0 Å². The molecule has 84 valence electrons. The molecule has 0 saturated heterocycles. The van der Waals surface area contributed by atoms with Gasteiger partial charge in [0.1, 0.15) is 5.01 Å². The summed E-state index contributed by atoms with van der Waals surface area (Å²) in [6, 6.07) is 8.21. The molecule has 0 saturated carbocycles. The number of aromatic nitrogens is 1. The zero-order valence-electron chi connectivity index (χ0n) is 8.84. The van der Waals surface area contributed by atoms with Crippen molar-refractivity contribution in [2.24, 2.45) is 0 Å². The van der Waals surface area contributed by atoms with Crippen LogP contribution in [0.4, 0.5) is 0 Å². The zero-order valence-corrected chi connectivity index (χ0v) is 12.0. The summed E-state index contributed by atoms with van der Waals surface area (Å²) in [5.74, 6) is 0.654. The highest BCUT2D eigenvalue weighted by molar-refractivity contribution is 9.10. The Morgan fingerprint density at radius 2 is 2.25 bits per heavy atom. The van der Waals surface area contributed by atoms with Crippen molar-refractivity contribution in [1.29, 1.82) is 0 Å². The fraction of sp³-hybridized carbons (Fsp3) is 0.250. The van der Waals surface area contributed by atoms with E-state index < -0.39 is 0 Å². The average molecular weight is 317 g/mol. The summed E-state index contributed by atoms with van der Waals surface area (Å²) in [5, 5.41) is 1.07. The third-order valence-electron chi connectivity index (χ3n) is 2.29. The molecular formula is C12H11BrClNS. The first kappa shape index (κ1) is 12.1. The van der Waals surface area contributed by atoms with Gasteiger partial charge in [-0.1, -0.05) is 28.1 Å². The number of halogens is 2. The van der Waals surface area contributed by atoms with Crippen molar-refractivity contribution in [2.75, 3.05) is 5.88 Å². The lowest BCUT2D eigenvalue weighted by Crippen LogP contribution is -1.84. The van der Waals surface area contributed by atoms with Crippen LogP contribution in [0.25, 0.3) is 10.6 Å². The van der Waals surface area contributed by atoms with Gasteiger partial charge in [0.05, 0.1) is 5.69 Å². The van der Waals surface area contributed by atoms with Crippen LogP contribution in [0.2, 0.25) is 0 Å². The Hall–Kier alpha value is -0.380. The van der Waals surface area contributed by atoms with Crippen molar-refractivity contribution in [3.63, 3.8) is 0 Å². The van der Waals surface area contributed by atoms with E-state index in [1.165, 1.54) is 4.88 Å². The maximum absolute atomic E-state index is 5.76. The largest absolute Gasteiger partial charge is 0.241 e. The number of hydrogen-bond acceptors (Lipinski definition) is 2. The Morgan fingerprint density at radius 3 is 2.94 bits per heavy atom. The van der Waals surface area contributed by atoms with E-state index in [9.17, 15) is 0 Å². The Kier molecular flexibility index (Phi) is 4.00. The molecule has 1 aromatic carbocycles. The fourth-order valence-electron chi connectivity index (χ4n) is 1.49. The fourth-order valence-corrected chi connectivity index (χ4v) is 3.25. The van der Waals surface area contributed by atoms with Gasteiger partial charge in [-0.3, -0.25) is 0 Å². The van der Waals surface area contributed by atoms with Crippen molar-refractivity contribution in [1.82, 2.24) is 4.98 Å². The van der Waals surface area contributed by atoms with E-state index in [4.69, 9.17) is 11.6 Å². The van der Waals surface area contributed by atoms with Gasteiger partial charge in [0, 0.05) is 20.8 Å². The molecule has 0 unspecified atom stereocenters. The Morgan fingerprint density at radius 1 is 1.44 bits per heavy atom. The second-order valence-corrected chi connectivity index (χ2v) is 5.85. The molecule has 1 heterocycles. The molecule has 0 aliphatic carbocycles.